The van der Waals surface area contributed by atoms with Gasteiger partial charge in [0.25, 0.3) is 0 Å². The number of rotatable bonds is 6. The van der Waals surface area contributed by atoms with Crippen molar-refractivity contribution in [2.45, 2.75) is 19.3 Å². The van der Waals surface area contributed by atoms with Gasteiger partial charge in [0.15, 0.2) is 11.5 Å². The van der Waals surface area contributed by atoms with Crippen LogP contribution in [0.15, 0.2) is 48.7 Å². The Morgan fingerprint density at radius 1 is 1.13 bits per heavy atom. The molecule has 0 spiro atoms. The lowest BCUT2D eigenvalue weighted by Crippen LogP contribution is -2.33. The Morgan fingerprint density at radius 3 is 2.87 bits per heavy atom. The minimum atomic E-state index is -0.339. The fourth-order valence-corrected chi connectivity index (χ4v) is 4.31. The summed E-state index contributed by atoms with van der Waals surface area (Å²) in [5, 5.41) is 4.23. The molecule has 2 aliphatic heterocycles. The summed E-state index contributed by atoms with van der Waals surface area (Å²) >= 11 is 0. The molecule has 0 bridgehead atoms. The number of fused-ring (bicyclic) bond motifs is 2. The van der Waals surface area contributed by atoms with Gasteiger partial charge < -0.3 is 24.7 Å². The Hall–Kier alpha value is -3.48. The Kier molecular flexibility index (Phi) is 5.24. The quantitative estimate of drug-likeness (QED) is 0.602. The zero-order valence-corrected chi connectivity index (χ0v) is 17.2. The van der Waals surface area contributed by atoms with Gasteiger partial charge in [-0.3, -0.25) is 9.59 Å². The van der Waals surface area contributed by atoms with E-state index >= 15 is 0 Å². The van der Waals surface area contributed by atoms with Crippen molar-refractivity contribution in [1.82, 2.24) is 10.3 Å². The molecule has 0 radical (unpaired) electrons. The van der Waals surface area contributed by atoms with Gasteiger partial charge in [-0.2, -0.15) is 0 Å². The highest BCUT2D eigenvalue weighted by atomic mass is 16.6. The molecule has 0 aliphatic carbocycles. The fourth-order valence-electron chi connectivity index (χ4n) is 4.31. The zero-order chi connectivity index (χ0) is 21.2. The molecule has 2 aromatic carbocycles. The first-order valence-corrected chi connectivity index (χ1v) is 10.7. The van der Waals surface area contributed by atoms with Gasteiger partial charge in [-0.25, -0.2) is 0 Å². The normalized spacial score (nSPS) is 17.9. The van der Waals surface area contributed by atoms with Gasteiger partial charge >= 0.3 is 0 Å². The number of carbonyl (C=O) groups excluding carboxylic acids is 2. The van der Waals surface area contributed by atoms with Crippen LogP contribution in [0.2, 0.25) is 0 Å². The van der Waals surface area contributed by atoms with Gasteiger partial charge in [0.05, 0.1) is 5.92 Å². The third-order valence-electron chi connectivity index (χ3n) is 5.93. The summed E-state index contributed by atoms with van der Waals surface area (Å²) in [4.78, 5) is 30.1. The van der Waals surface area contributed by atoms with Gasteiger partial charge in [0.1, 0.15) is 13.2 Å². The van der Waals surface area contributed by atoms with Crippen molar-refractivity contribution in [3.63, 3.8) is 0 Å². The molecule has 2 amide bonds. The van der Waals surface area contributed by atoms with Gasteiger partial charge in [0, 0.05) is 48.4 Å². The third kappa shape index (κ3) is 3.95. The number of amides is 2. The first-order valence-electron chi connectivity index (χ1n) is 10.7. The summed E-state index contributed by atoms with van der Waals surface area (Å²) in [6, 6.07) is 13.7. The van der Waals surface area contributed by atoms with Crippen LogP contribution in [0.5, 0.6) is 11.5 Å². The van der Waals surface area contributed by atoms with E-state index in [4.69, 9.17) is 9.47 Å². The van der Waals surface area contributed by atoms with Gasteiger partial charge in [-0.15, -0.1) is 0 Å². The number of aromatic amines is 1. The van der Waals surface area contributed by atoms with E-state index in [1.807, 2.05) is 36.5 Å². The van der Waals surface area contributed by atoms with Crippen molar-refractivity contribution in [1.29, 1.82) is 0 Å². The molecular weight excluding hydrogens is 394 g/mol. The Morgan fingerprint density at radius 2 is 1.97 bits per heavy atom. The van der Waals surface area contributed by atoms with E-state index in [1.54, 1.807) is 4.90 Å². The lowest BCUT2D eigenvalue weighted by Gasteiger charge is -2.22. The van der Waals surface area contributed by atoms with Crippen LogP contribution in [0.3, 0.4) is 0 Å². The highest BCUT2D eigenvalue weighted by molar-refractivity contribution is 6.00. The van der Waals surface area contributed by atoms with Crippen LogP contribution in [-0.2, 0) is 16.0 Å². The van der Waals surface area contributed by atoms with Gasteiger partial charge in [0.2, 0.25) is 11.8 Å². The molecule has 3 aromatic rings. The smallest absolute Gasteiger partial charge is 0.227 e. The minimum absolute atomic E-state index is 0.0457. The largest absolute Gasteiger partial charge is 0.486 e. The number of anilines is 1. The van der Waals surface area contributed by atoms with Crippen molar-refractivity contribution in [3.05, 3.63) is 54.2 Å². The Balaban J connectivity index is 1.14. The summed E-state index contributed by atoms with van der Waals surface area (Å²) in [5.74, 6) is 0.879. The zero-order valence-electron chi connectivity index (χ0n) is 17.2. The molecule has 160 valence electrons. The second kappa shape index (κ2) is 8.34. The number of H-pyrrole nitrogens is 1. The average Bonchev–Trinajstić information content (AvgIpc) is 3.40. The van der Waals surface area contributed by atoms with Crippen molar-refractivity contribution in [2.24, 2.45) is 5.92 Å². The number of benzene rings is 2. The van der Waals surface area contributed by atoms with Gasteiger partial charge in [-0.1, -0.05) is 18.2 Å². The van der Waals surface area contributed by atoms with E-state index in [2.05, 4.69) is 22.4 Å². The number of para-hydroxylation sites is 1. The molecule has 2 aliphatic rings. The van der Waals surface area contributed by atoms with Crippen LogP contribution in [0.4, 0.5) is 5.69 Å². The standard InChI is InChI=1S/C24H25N3O4/c28-23-12-17(15-27(23)18-7-8-21-22(13-18)31-11-10-30-21)24(29)25-9-3-4-16-14-26-20-6-2-1-5-19(16)20/h1-2,5-8,13-14,17,26H,3-4,9-12,15H2,(H,25,29). The van der Waals surface area contributed by atoms with Crippen molar-refractivity contribution in [3.8, 4) is 11.5 Å². The molecule has 1 atom stereocenters. The molecule has 31 heavy (non-hydrogen) atoms. The maximum atomic E-state index is 12.6. The maximum Gasteiger partial charge on any atom is 0.227 e. The number of nitrogens with one attached hydrogen (secondary N) is 2. The summed E-state index contributed by atoms with van der Waals surface area (Å²) < 4.78 is 11.1. The van der Waals surface area contributed by atoms with Crippen molar-refractivity contribution < 1.29 is 19.1 Å². The van der Waals surface area contributed by atoms with Crippen LogP contribution < -0.4 is 19.7 Å². The minimum Gasteiger partial charge on any atom is -0.486 e. The number of aryl methyl sites for hydroxylation is 1. The molecular formula is C24H25N3O4. The van der Waals surface area contributed by atoms with Crippen LogP contribution in [0.1, 0.15) is 18.4 Å². The maximum absolute atomic E-state index is 12.6. The van der Waals surface area contributed by atoms with Crippen LogP contribution in [-0.4, -0.2) is 43.1 Å². The SMILES string of the molecule is O=C(NCCCc1c[nH]c2ccccc12)C1CC(=O)N(c2ccc3c(c2)OCCO3)C1. The molecule has 0 saturated carbocycles. The van der Waals surface area contributed by atoms with Crippen molar-refractivity contribution >= 4 is 28.4 Å². The first-order chi connectivity index (χ1) is 15.2. The summed E-state index contributed by atoms with van der Waals surface area (Å²) in [6.45, 7) is 1.99. The lowest BCUT2D eigenvalue weighted by molar-refractivity contribution is -0.126. The second-order valence-corrected chi connectivity index (χ2v) is 7.99. The van der Waals surface area contributed by atoms with E-state index in [9.17, 15) is 9.59 Å². The van der Waals surface area contributed by atoms with E-state index in [-0.39, 0.29) is 24.2 Å². The summed E-state index contributed by atoms with van der Waals surface area (Å²) in [7, 11) is 0. The van der Waals surface area contributed by atoms with Crippen LogP contribution in [0, 0.1) is 5.92 Å². The molecule has 2 N–H and O–H groups in total. The lowest BCUT2D eigenvalue weighted by atomic mass is 10.1. The summed E-state index contributed by atoms with van der Waals surface area (Å²) in [6.07, 6.45) is 3.99. The molecule has 5 rings (SSSR count). The molecule has 1 saturated heterocycles. The Bertz CT molecular complexity index is 1120. The van der Waals surface area contributed by atoms with Gasteiger partial charge in [-0.05, 0) is 36.6 Å². The van der Waals surface area contributed by atoms with Crippen LogP contribution >= 0.6 is 0 Å². The molecule has 7 heteroatoms. The fraction of sp³-hybridized carbons (Fsp3) is 0.333. The molecule has 1 unspecified atom stereocenters. The van der Waals surface area contributed by atoms with E-state index in [0.29, 0.717) is 37.8 Å². The van der Waals surface area contributed by atoms with E-state index < -0.39 is 0 Å². The topological polar surface area (TPSA) is 83.7 Å². The number of ether oxygens (including phenoxy) is 2. The van der Waals surface area contributed by atoms with E-state index in [0.717, 1.165) is 24.0 Å². The predicted octanol–water partition coefficient (Wildman–Crippen LogP) is 3.04. The molecule has 1 aromatic heterocycles. The number of hydrogen-bond acceptors (Lipinski definition) is 4. The monoisotopic (exact) mass is 419 g/mol. The Labute approximate surface area is 180 Å². The molecule has 3 heterocycles. The van der Waals surface area contributed by atoms with E-state index in [1.165, 1.54) is 10.9 Å². The average molecular weight is 419 g/mol. The highest BCUT2D eigenvalue weighted by Crippen LogP contribution is 2.36. The first kappa shape index (κ1) is 19.5. The van der Waals surface area contributed by atoms with Crippen LogP contribution in [0.25, 0.3) is 10.9 Å². The van der Waals surface area contributed by atoms with Crippen molar-refractivity contribution in [2.75, 3.05) is 31.2 Å². The second-order valence-electron chi connectivity index (χ2n) is 7.99. The predicted molar refractivity (Wildman–Crippen MR) is 118 cm³/mol. The number of carbonyl (C=O) groups is 2. The molecule has 1 fully saturated rings. The summed E-state index contributed by atoms with van der Waals surface area (Å²) in [5.41, 5.74) is 3.12. The number of hydrogen-bond donors (Lipinski definition) is 2. The molecule has 7 nitrogen and oxygen atoms in total. The number of aromatic nitrogens is 1. The third-order valence-corrected chi connectivity index (χ3v) is 5.93. The number of nitrogens with zero attached hydrogens (tertiary/aromatic N) is 1. The highest BCUT2D eigenvalue weighted by Gasteiger charge is 2.35.